The van der Waals surface area contributed by atoms with Crippen LogP contribution >= 0.6 is 0 Å². The van der Waals surface area contributed by atoms with Crippen LogP contribution < -0.4 is 14.4 Å². The molecule has 5 nitrogen and oxygen atoms in total. The van der Waals surface area contributed by atoms with Gasteiger partial charge in [-0.2, -0.15) is 13.2 Å². The van der Waals surface area contributed by atoms with E-state index in [4.69, 9.17) is 14.2 Å². The maximum Gasteiger partial charge on any atom is 0.416 e. The number of hydrogen-bond donors (Lipinski definition) is 0. The summed E-state index contributed by atoms with van der Waals surface area (Å²) in [4.78, 5) is 6.14. The highest BCUT2D eigenvalue weighted by Gasteiger charge is 2.43. The molecule has 1 aliphatic rings. The molecule has 0 saturated carbocycles. The number of nitrogens with zero attached hydrogens (tertiary/aromatic N) is 2. The van der Waals surface area contributed by atoms with E-state index >= 15 is 0 Å². The molecular weight excluding hydrogens is 337 g/mol. The number of benzene rings is 1. The average Bonchev–Trinajstić information content (AvgIpc) is 2.60. The zero-order valence-corrected chi connectivity index (χ0v) is 14.2. The Morgan fingerprint density at radius 3 is 2.52 bits per heavy atom. The molecule has 1 aliphatic heterocycles. The molecule has 0 bridgehead atoms. The molecule has 0 amide bonds. The van der Waals surface area contributed by atoms with E-state index in [2.05, 4.69) is 4.98 Å². The van der Waals surface area contributed by atoms with E-state index in [1.54, 1.807) is 30.2 Å². The number of morpholine rings is 1. The van der Waals surface area contributed by atoms with Gasteiger partial charge in [0, 0.05) is 11.9 Å². The lowest BCUT2D eigenvalue weighted by Gasteiger charge is -2.34. The molecule has 25 heavy (non-hydrogen) atoms. The van der Waals surface area contributed by atoms with Crippen molar-refractivity contribution in [2.24, 2.45) is 0 Å². The minimum Gasteiger partial charge on any atom is -0.496 e. The van der Waals surface area contributed by atoms with Crippen LogP contribution in [0.1, 0.15) is 5.56 Å². The number of halogens is 3. The Hall–Kier alpha value is -2.22. The van der Waals surface area contributed by atoms with E-state index in [0.717, 1.165) is 10.9 Å². The molecule has 1 aromatic heterocycles. The first-order valence-electron chi connectivity index (χ1n) is 7.80. The van der Waals surface area contributed by atoms with Crippen molar-refractivity contribution in [1.82, 2.24) is 4.98 Å². The molecule has 0 radical (unpaired) electrons. The van der Waals surface area contributed by atoms with Gasteiger partial charge in [-0.25, -0.2) is 4.98 Å². The molecule has 8 heteroatoms. The number of hydrogen-bond acceptors (Lipinski definition) is 5. The third-order valence-electron chi connectivity index (χ3n) is 4.26. The number of ether oxygens (including phenoxy) is 3. The van der Waals surface area contributed by atoms with Crippen LogP contribution in [0, 0.1) is 6.92 Å². The summed E-state index contributed by atoms with van der Waals surface area (Å²) >= 11 is 0. The molecule has 2 heterocycles. The summed E-state index contributed by atoms with van der Waals surface area (Å²) in [6.45, 7) is 1.93. The number of anilines is 1. The first kappa shape index (κ1) is 17.6. The molecule has 136 valence electrons. The van der Waals surface area contributed by atoms with Crippen molar-refractivity contribution in [2.45, 2.75) is 19.2 Å². The first-order valence-corrected chi connectivity index (χ1v) is 7.80. The molecule has 1 aromatic carbocycles. The van der Waals surface area contributed by atoms with E-state index in [1.807, 2.05) is 6.92 Å². The van der Waals surface area contributed by atoms with Crippen LogP contribution in [-0.4, -0.2) is 51.2 Å². The van der Waals surface area contributed by atoms with Gasteiger partial charge in [-0.1, -0.05) is 0 Å². The van der Waals surface area contributed by atoms with Crippen LogP contribution in [0.15, 0.2) is 18.2 Å². The topological polar surface area (TPSA) is 43.8 Å². The van der Waals surface area contributed by atoms with Crippen LogP contribution in [0.5, 0.6) is 11.5 Å². The largest absolute Gasteiger partial charge is 0.496 e. The number of rotatable bonds is 3. The van der Waals surface area contributed by atoms with Gasteiger partial charge in [0.25, 0.3) is 0 Å². The third-order valence-corrected chi connectivity index (χ3v) is 4.26. The summed E-state index contributed by atoms with van der Waals surface area (Å²) in [5.74, 6) is 1.65. The van der Waals surface area contributed by atoms with Crippen molar-refractivity contribution in [1.29, 1.82) is 0 Å². The lowest BCUT2D eigenvalue weighted by molar-refractivity contribution is -0.221. The summed E-state index contributed by atoms with van der Waals surface area (Å²) in [7, 11) is 3.09. The van der Waals surface area contributed by atoms with Crippen LogP contribution in [0.3, 0.4) is 0 Å². The van der Waals surface area contributed by atoms with Gasteiger partial charge in [0.05, 0.1) is 27.4 Å². The smallest absolute Gasteiger partial charge is 0.416 e. The molecule has 1 fully saturated rings. The van der Waals surface area contributed by atoms with E-state index in [-0.39, 0.29) is 13.2 Å². The molecule has 0 spiro atoms. The first-order chi connectivity index (χ1) is 11.8. The maximum atomic E-state index is 13.0. The minimum absolute atomic E-state index is 0.00180. The summed E-state index contributed by atoms with van der Waals surface area (Å²) in [5.41, 5.74) is 1.41. The van der Waals surface area contributed by atoms with Crippen LogP contribution in [-0.2, 0) is 4.74 Å². The summed E-state index contributed by atoms with van der Waals surface area (Å²) in [5, 5.41) is 0.784. The molecule has 0 unspecified atom stereocenters. The van der Waals surface area contributed by atoms with Crippen molar-refractivity contribution in [3.05, 3.63) is 23.8 Å². The van der Waals surface area contributed by atoms with Gasteiger partial charge in [0.15, 0.2) is 6.10 Å². The monoisotopic (exact) mass is 356 g/mol. The Morgan fingerprint density at radius 1 is 1.20 bits per heavy atom. The number of aromatic nitrogens is 1. The number of pyridine rings is 1. The van der Waals surface area contributed by atoms with Crippen LogP contribution in [0.2, 0.25) is 0 Å². The fraction of sp³-hybridized carbons (Fsp3) is 0.471. The maximum absolute atomic E-state index is 13.0. The summed E-state index contributed by atoms with van der Waals surface area (Å²) < 4.78 is 54.5. The second-order valence-corrected chi connectivity index (χ2v) is 5.84. The normalized spacial score (nSPS) is 18.5. The van der Waals surface area contributed by atoms with Crippen molar-refractivity contribution in [3.63, 3.8) is 0 Å². The molecule has 0 aliphatic carbocycles. The summed E-state index contributed by atoms with van der Waals surface area (Å²) in [6, 6.07) is 5.28. The van der Waals surface area contributed by atoms with Gasteiger partial charge in [-0.3, -0.25) is 0 Å². The van der Waals surface area contributed by atoms with Crippen molar-refractivity contribution < 1.29 is 27.4 Å². The quantitative estimate of drug-likeness (QED) is 0.844. The standard InChI is InChI=1S/C17H19F3N2O3/c1-10-8-14(22-6-7-25-13(9-22)17(18,19)20)21-16-12(24-3)5-4-11(23-2)15(10)16/h4-5,8,13H,6-7,9H2,1-3H3/t13-/m1/s1. The summed E-state index contributed by atoms with van der Waals surface area (Å²) in [6.07, 6.45) is -6.21. The second kappa shape index (κ2) is 6.59. The third kappa shape index (κ3) is 3.30. The van der Waals surface area contributed by atoms with Crippen molar-refractivity contribution >= 4 is 16.7 Å². The van der Waals surface area contributed by atoms with E-state index < -0.39 is 12.3 Å². The number of methoxy groups -OCH3 is 2. The minimum atomic E-state index is -4.40. The highest BCUT2D eigenvalue weighted by molar-refractivity contribution is 5.94. The number of alkyl halides is 3. The zero-order chi connectivity index (χ0) is 18.2. The SMILES string of the molecule is COc1ccc(OC)c2c(C)cc(N3CCO[C@@H](C(F)(F)F)C3)nc12. The Kier molecular flexibility index (Phi) is 4.64. The van der Waals surface area contributed by atoms with E-state index in [9.17, 15) is 13.2 Å². The predicted molar refractivity (Wildman–Crippen MR) is 87.6 cm³/mol. The van der Waals surface area contributed by atoms with Crippen LogP contribution in [0.25, 0.3) is 10.9 Å². The Morgan fingerprint density at radius 2 is 1.88 bits per heavy atom. The van der Waals surface area contributed by atoms with Gasteiger partial charge in [0.1, 0.15) is 22.8 Å². The predicted octanol–water partition coefficient (Wildman–Crippen LogP) is 3.33. The van der Waals surface area contributed by atoms with E-state index in [1.165, 1.54) is 7.11 Å². The molecular formula is C17H19F3N2O3. The fourth-order valence-electron chi connectivity index (χ4n) is 3.01. The molecule has 1 atom stereocenters. The highest BCUT2D eigenvalue weighted by atomic mass is 19.4. The highest BCUT2D eigenvalue weighted by Crippen LogP contribution is 2.36. The Balaban J connectivity index is 2.06. The number of aryl methyl sites for hydroxylation is 1. The Bertz CT molecular complexity index is 780. The van der Waals surface area contributed by atoms with Gasteiger partial charge in [0.2, 0.25) is 0 Å². The zero-order valence-electron chi connectivity index (χ0n) is 14.2. The second-order valence-electron chi connectivity index (χ2n) is 5.84. The average molecular weight is 356 g/mol. The molecule has 2 aromatic rings. The van der Waals surface area contributed by atoms with Gasteiger partial charge < -0.3 is 19.1 Å². The Labute approximate surface area is 143 Å². The van der Waals surface area contributed by atoms with Crippen molar-refractivity contribution in [3.8, 4) is 11.5 Å². The lowest BCUT2D eigenvalue weighted by Crippen LogP contribution is -2.49. The number of fused-ring (bicyclic) bond motifs is 1. The van der Waals surface area contributed by atoms with Crippen molar-refractivity contribution in [2.75, 3.05) is 38.8 Å². The lowest BCUT2D eigenvalue weighted by atomic mass is 10.1. The molecule has 1 saturated heterocycles. The fourth-order valence-corrected chi connectivity index (χ4v) is 3.01. The molecule has 0 N–H and O–H groups in total. The van der Waals surface area contributed by atoms with Crippen LogP contribution in [0.4, 0.5) is 19.0 Å². The van der Waals surface area contributed by atoms with Gasteiger partial charge in [-0.05, 0) is 30.7 Å². The van der Waals surface area contributed by atoms with Gasteiger partial charge >= 0.3 is 6.18 Å². The van der Waals surface area contributed by atoms with E-state index in [0.29, 0.717) is 29.4 Å². The van der Waals surface area contributed by atoms with Gasteiger partial charge in [-0.15, -0.1) is 0 Å². The molecule has 3 rings (SSSR count).